The zero-order chi connectivity index (χ0) is 51.5. The minimum Gasteiger partial charge on any atom is -0.478 e. The van der Waals surface area contributed by atoms with Gasteiger partial charge in [-0.3, -0.25) is 0 Å². The van der Waals surface area contributed by atoms with E-state index in [1.54, 1.807) is 125 Å². The van der Waals surface area contributed by atoms with E-state index in [1.807, 2.05) is 0 Å². The van der Waals surface area contributed by atoms with Gasteiger partial charge in [-0.05, 0) is 132 Å². The molecular weight excluding hydrogens is 800 g/mol. The molecule has 0 aliphatic heterocycles. The lowest BCUT2D eigenvalue weighted by Gasteiger charge is -2.03. The van der Waals surface area contributed by atoms with E-state index < -0.39 is 116 Å². The normalized spacial score (nSPS) is 18.8. The molecule has 0 aromatic rings. The fourth-order valence-corrected chi connectivity index (χ4v) is 0. The summed E-state index contributed by atoms with van der Waals surface area (Å²) in [5.41, 5.74) is 0.176. The molecule has 0 saturated carbocycles. The SMILES string of the molecule is C=C(C)C(=O)O.CC(O)C(C)O.CC(O)C(C)O.CC(O)C(C)O.CC(O)C(C)O.CC(O)C(C)O.CC(O)C(C)O.CC(O)C(C)O.CC(O)C(C)O.CC(O)C(C)O. The van der Waals surface area contributed by atoms with Crippen LogP contribution in [0, 0.1) is 0 Å². The minimum atomic E-state index is -0.935. The first kappa shape index (κ1) is 82.2. The Balaban J connectivity index is -0.0000000579. The van der Waals surface area contributed by atoms with Gasteiger partial charge >= 0.3 is 5.97 Å². The molecule has 20 heteroatoms. The molecule has 19 N–H and O–H groups in total. The molecule has 60 heavy (non-hydrogen) atoms. The first-order valence-electron chi connectivity index (χ1n) is 19.6. The maximum atomic E-state index is 9.60. The van der Waals surface area contributed by atoms with Crippen molar-refractivity contribution in [3.8, 4) is 0 Å². The van der Waals surface area contributed by atoms with Gasteiger partial charge in [-0.15, -0.1) is 0 Å². The Labute approximate surface area is 361 Å². The standard InChI is InChI=1S/9C4H10O2.C4H6O2/c9*1-3(5)4(2)6;1-3(2)4(5)6/h9*3-6H,1-2H3;1H2,2H3,(H,5,6). The third-order valence-electron chi connectivity index (χ3n) is 6.65. The molecule has 376 valence electrons. The van der Waals surface area contributed by atoms with E-state index >= 15 is 0 Å². The van der Waals surface area contributed by atoms with Crippen LogP contribution in [0.15, 0.2) is 12.2 Å². The monoisotopic (exact) mass is 897 g/mol. The lowest BCUT2D eigenvalue weighted by Crippen LogP contribution is -2.17. The Morgan fingerprint density at radius 2 is 0.283 bits per heavy atom. The molecule has 0 amide bonds. The van der Waals surface area contributed by atoms with Crippen LogP contribution in [0.1, 0.15) is 132 Å². The maximum absolute atomic E-state index is 9.60. The summed E-state index contributed by atoms with van der Waals surface area (Å²) >= 11 is 0. The second kappa shape index (κ2) is 53.6. The van der Waals surface area contributed by atoms with E-state index in [0.29, 0.717) is 0 Å². The number of hydrogen-bond acceptors (Lipinski definition) is 19. The average molecular weight is 897 g/mol. The Kier molecular flexibility index (Phi) is 73.5. The van der Waals surface area contributed by atoms with Crippen LogP contribution in [-0.2, 0) is 4.79 Å². The quantitative estimate of drug-likeness (QED) is 0.110. The number of aliphatic hydroxyl groups is 18. The van der Waals surface area contributed by atoms with Crippen LogP contribution in [0.3, 0.4) is 0 Å². The lowest BCUT2D eigenvalue weighted by molar-refractivity contribution is -0.132. The summed E-state index contributed by atoms with van der Waals surface area (Å²) in [5, 5.41) is 159. The third kappa shape index (κ3) is 117. The number of aliphatic carboxylic acids is 1. The number of rotatable bonds is 10. The largest absolute Gasteiger partial charge is 0.478 e. The summed E-state index contributed by atoms with van der Waals surface area (Å²) in [4.78, 5) is 9.60. The van der Waals surface area contributed by atoms with Gasteiger partial charge in [0.05, 0.1) is 110 Å². The van der Waals surface area contributed by atoms with Crippen LogP contribution in [0.5, 0.6) is 0 Å². The van der Waals surface area contributed by atoms with Gasteiger partial charge in [0, 0.05) is 5.57 Å². The van der Waals surface area contributed by atoms with Gasteiger partial charge in [0.2, 0.25) is 0 Å². The molecule has 0 bridgehead atoms. The van der Waals surface area contributed by atoms with Crippen molar-refractivity contribution in [1.82, 2.24) is 0 Å². The number of hydrogen-bond donors (Lipinski definition) is 19. The Bertz CT molecular complexity index is 572. The fraction of sp³-hybridized carbons (Fsp3) is 0.925. The summed E-state index contributed by atoms with van der Waals surface area (Å²) in [6, 6.07) is 0. The van der Waals surface area contributed by atoms with Crippen molar-refractivity contribution in [2.24, 2.45) is 0 Å². The summed E-state index contributed by atoms with van der Waals surface area (Å²) in [6.07, 6.45) is -10.7. The van der Waals surface area contributed by atoms with Crippen molar-refractivity contribution >= 4 is 5.97 Å². The van der Waals surface area contributed by atoms with E-state index in [-0.39, 0.29) is 5.57 Å². The molecule has 0 saturated heterocycles. The van der Waals surface area contributed by atoms with Crippen molar-refractivity contribution < 1.29 is 102 Å². The molecule has 0 aromatic carbocycles. The van der Waals surface area contributed by atoms with E-state index in [2.05, 4.69) is 6.58 Å². The second-order valence-electron chi connectivity index (χ2n) is 14.4. The van der Waals surface area contributed by atoms with Gasteiger partial charge in [-0.2, -0.15) is 0 Å². The number of carboxylic acid groups (broad SMARTS) is 1. The number of carbonyl (C=O) groups is 1. The minimum absolute atomic E-state index is 0.176. The molecule has 0 radical (unpaired) electrons. The molecular formula is C40H96O20. The van der Waals surface area contributed by atoms with Gasteiger partial charge in [0.1, 0.15) is 0 Å². The van der Waals surface area contributed by atoms with Crippen molar-refractivity contribution in [3.63, 3.8) is 0 Å². The van der Waals surface area contributed by atoms with Crippen LogP contribution in [0.25, 0.3) is 0 Å². The molecule has 0 rings (SSSR count). The summed E-state index contributed by atoms with van der Waals surface area (Å²) in [5.74, 6) is -0.935. The molecule has 0 fully saturated rings. The Morgan fingerprint density at radius 3 is 0.283 bits per heavy atom. The average Bonchev–Trinajstić information content (AvgIpc) is 3.06. The number of aliphatic hydroxyl groups excluding tert-OH is 18. The van der Waals surface area contributed by atoms with Gasteiger partial charge < -0.3 is 97.0 Å². The predicted molar refractivity (Wildman–Crippen MR) is 233 cm³/mol. The smallest absolute Gasteiger partial charge is 0.330 e. The van der Waals surface area contributed by atoms with Gasteiger partial charge in [0.25, 0.3) is 0 Å². The van der Waals surface area contributed by atoms with Crippen molar-refractivity contribution in [2.75, 3.05) is 0 Å². The summed E-state index contributed by atoms with van der Waals surface area (Å²) in [6.45, 7) is 32.4. The zero-order valence-corrected chi connectivity index (χ0v) is 40.0. The Hall–Kier alpha value is -1.51. The van der Waals surface area contributed by atoms with Crippen LogP contribution in [0.4, 0.5) is 0 Å². The highest BCUT2D eigenvalue weighted by Crippen LogP contribution is 1.90. The van der Waals surface area contributed by atoms with Crippen LogP contribution < -0.4 is 0 Å². The summed E-state index contributed by atoms with van der Waals surface area (Å²) in [7, 11) is 0. The van der Waals surface area contributed by atoms with E-state index in [9.17, 15) is 4.79 Å². The van der Waals surface area contributed by atoms with E-state index in [0.717, 1.165) is 0 Å². The molecule has 0 aromatic heterocycles. The topological polar surface area (TPSA) is 401 Å². The van der Waals surface area contributed by atoms with Gasteiger partial charge in [-0.1, -0.05) is 6.58 Å². The van der Waals surface area contributed by atoms with E-state index in [4.69, 9.17) is 97.0 Å². The van der Waals surface area contributed by atoms with E-state index in [1.165, 1.54) is 6.92 Å². The highest BCUT2D eigenvalue weighted by atomic mass is 16.4. The molecule has 18 atom stereocenters. The first-order valence-corrected chi connectivity index (χ1v) is 19.6. The molecule has 20 nitrogen and oxygen atoms in total. The zero-order valence-electron chi connectivity index (χ0n) is 40.0. The van der Waals surface area contributed by atoms with Crippen molar-refractivity contribution in [3.05, 3.63) is 12.2 Å². The molecule has 0 spiro atoms. The van der Waals surface area contributed by atoms with Crippen LogP contribution in [-0.4, -0.2) is 213 Å². The summed E-state index contributed by atoms with van der Waals surface area (Å²) < 4.78 is 0. The highest BCUT2D eigenvalue weighted by Gasteiger charge is 2.04. The predicted octanol–water partition coefficient (Wildman–Crippen LogP) is -1.62. The van der Waals surface area contributed by atoms with Crippen molar-refractivity contribution in [1.29, 1.82) is 0 Å². The van der Waals surface area contributed by atoms with Crippen LogP contribution >= 0.6 is 0 Å². The van der Waals surface area contributed by atoms with Gasteiger partial charge in [0.15, 0.2) is 0 Å². The molecule has 0 heterocycles. The maximum Gasteiger partial charge on any atom is 0.330 e. The third-order valence-corrected chi connectivity index (χ3v) is 6.65. The molecule has 18 unspecified atom stereocenters. The number of carboxylic acids is 1. The molecule has 0 aliphatic carbocycles. The fourth-order valence-electron chi connectivity index (χ4n) is 0. The highest BCUT2D eigenvalue weighted by molar-refractivity contribution is 5.84. The Morgan fingerprint density at radius 1 is 0.250 bits per heavy atom. The first-order chi connectivity index (χ1) is 26.4. The van der Waals surface area contributed by atoms with Crippen LogP contribution in [0.2, 0.25) is 0 Å². The lowest BCUT2D eigenvalue weighted by atomic mass is 10.3. The van der Waals surface area contributed by atoms with Crippen molar-refractivity contribution in [2.45, 2.75) is 241 Å². The molecule has 0 aliphatic rings. The van der Waals surface area contributed by atoms with Gasteiger partial charge in [-0.25, -0.2) is 4.79 Å². The second-order valence-corrected chi connectivity index (χ2v) is 14.4.